The minimum atomic E-state index is -1.01. The molecule has 0 atom stereocenters. The van der Waals surface area contributed by atoms with E-state index in [1.807, 2.05) is 35.0 Å². The number of anilines is 1. The Morgan fingerprint density at radius 2 is 1.83 bits per heavy atom. The van der Waals surface area contributed by atoms with E-state index in [4.69, 9.17) is 5.10 Å². The van der Waals surface area contributed by atoms with Crippen molar-refractivity contribution in [3.8, 4) is 5.69 Å². The zero-order valence-corrected chi connectivity index (χ0v) is 16.6. The Labute approximate surface area is 169 Å². The second-order valence-corrected chi connectivity index (χ2v) is 8.08. The van der Waals surface area contributed by atoms with E-state index in [1.165, 1.54) is 6.42 Å². The minimum absolute atomic E-state index is 0.0728. The van der Waals surface area contributed by atoms with Crippen LogP contribution in [0.1, 0.15) is 41.4 Å². The van der Waals surface area contributed by atoms with E-state index >= 15 is 0 Å². The topological polar surface area (TPSA) is 74.5 Å². The smallest absolute Gasteiger partial charge is 0.354 e. The van der Waals surface area contributed by atoms with Gasteiger partial charge in [-0.25, -0.2) is 14.5 Å². The Balaban J connectivity index is 1.76. The second kappa shape index (κ2) is 7.15. The maximum Gasteiger partial charge on any atom is 0.354 e. The first-order valence-corrected chi connectivity index (χ1v) is 10.3. The molecule has 0 spiro atoms. The lowest BCUT2D eigenvalue weighted by Gasteiger charge is -2.35. The van der Waals surface area contributed by atoms with Crippen molar-refractivity contribution in [2.75, 3.05) is 38.1 Å². The van der Waals surface area contributed by atoms with Crippen LogP contribution in [0.3, 0.4) is 0 Å². The number of hydrogen-bond donors (Lipinski definition) is 1. The van der Waals surface area contributed by atoms with Gasteiger partial charge in [0.25, 0.3) is 0 Å². The molecule has 0 radical (unpaired) electrons. The zero-order chi connectivity index (χ0) is 20.0. The van der Waals surface area contributed by atoms with Crippen LogP contribution >= 0.6 is 0 Å². The fourth-order valence-electron chi connectivity index (χ4n) is 4.25. The van der Waals surface area contributed by atoms with Crippen LogP contribution in [0.4, 0.5) is 5.69 Å². The van der Waals surface area contributed by atoms with Crippen LogP contribution in [0.15, 0.2) is 36.4 Å². The van der Waals surface area contributed by atoms with Gasteiger partial charge in [-0.05, 0) is 38.1 Å². The van der Waals surface area contributed by atoms with Crippen molar-refractivity contribution in [2.45, 2.75) is 25.2 Å². The van der Waals surface area contributed by atoms with Gasteiger partial charge in [0.05, 0.1) is 22.5 Å². The molecule has 0 unspecified atom stereocenters. The number of carboxylic acids is 1. The normalized spacial score (nSPS) is 18.2. The third-order valence-corrected chi connectivity index (χ3v) is 6.20. The summed E-state index contributed by atoms with van der Waals surface area (Å²) in [5.41, 5.74) is 3.65. The van der Waals surface area contributed by atoms with Gasteiger partial charge in [0.2, 0.25) is 0 Å². The summed E-state index contributed by atoms with van der Waals surface area (Å²) >= 11 is 0. The molecule has 7 nitrogen and oxygen atoms in total. The third-order valence-electron chi connectivity index (χ3n) is 6.20. The van der Waals surface area contributed by atoms with Crippen LogP contribution in [0.25, 0.3) is 16.7 Å². The molecule has 1 aliphatic heterocycles. The molecule has 1 N–H and O–H groups in total. The Hall–Kier alpha value is -2.93. The summed E-state index contributed by atoms with van der Waals surface area (Å²) in [4.78, 5) is 21.0. The van der Waals surface area contributed by atoms with Crippen LogP contribution in [-0.2, 0) is 0 Å². The summed E-state index contributed by atoms with van der Waals surface area (Å²) < 4.78 is 1.83. The highest BCUT2D eigenvalue weighted by Gasteiger charge is 2.30. The van der Waals surface area contributed by atoms with Crippen molar-refractivity contribution in [1.82, 2.24) is 19.7 Å². The summed E-state index contributed by atoms with van der Waals surface area (Å²) in [6.07, 6.45) is 3.47. The molecule has 7 heteroatoms. The maximum absolute atomic E-state index is 11.9. The highest BCUT2D eigenvalue weighted by atomic mass is 16.4. The molecule has 5 rings (SSSR count). The average Bonchev–Trinajstić information content (AvgIpc) is 3.06. The zero-order valence-electron chi connectivity index (χ0n) is 16.6. The number of likely N-dealkylation sites (N-methyl/N-ethyl adjacent to an activating group) is 1. The van der Waals surface area contributed by atoms with Crippen molar-refractivity contribution < 1.29 is 9.90 Å². The number of aromatic carboxylic acids is 1. The first kappa shape index (κ1) is 18.1. The number of fused-ring (bicyclic) bond motifs is 1. The molecular weight excluding hydrogens is 366 g/mol. The quantitative estimate of drug-likeness (QED) is 0.737. The number of aromatic nitrogens is 3. The fourth-order valence-corrected chi connectivity index (χ4v) is 4.25. The molecule has 2 fully saturated rings. The predicted molar refractivity (Wildman–Crippen MR) is 112 cm³/mol. The number of para-hydroxylation sites is 1. The van der Waals surface area contributed by atoms with Gasteiger partial charge < -0.3 is 14.9 Å². The van der Waals surface area contributed by atoms with Gasteiger partial charge in [0.1, 0.15) is 0 Å². The molecule has 3 heterocycles. The monoisotopic (exact) mass is 391 g/mol. The number of rotatable bonds is 4. The number of carbonyl (C=O) groups is 1. The number of hydrogen-bond acceptors (Lipinski definition) is 5. The van der Waals surface area contributed by atoms with Gasteiger partial charge in [0, 0.05) is 32.1 Å². The van der Waals surface area contributed by atoms with E-state index in [0.717, 1.165) is 61.5 Å². The fraction of sp³-hybridized carbons (Fsp3) is 0.409. The van der Waals surface area contributed by atoms with Gasteiger partial charge >= 0.3 is 5.97 Å². The molecule has 29 heavy (non-hydrogen) atoms. The number of carboxylic acid groups (broad SMARTS) is 1. The lowest BCUT2D eigenvalue weighted by molar-refractivity contribution is 0.0691. The second-order valence-electron chi connectivity index (χ2n) is 8.08. The first-order valence-electron chi connectivity index (χ1n) is 10.3. The van der Waals surface area contributed by atoms with Crippen LogP contribution < -0.4 is 4.90 Å². The van der Waals surface area contributed by atoms with E-state index in [0.29, 0.717) is 11.6 Å². The van der Waals surface area contributed by atoms with Gasteiger partial charge in [-0.2, -0.15) is 5.10 Å². The Bertz CT molecular complexity index is 1050. The molecule has 1 aliphatic carbocycles. The predicted octanol–water partition coefficient (Wildman–Crippen LogP) is 3.14. The first-order chi connectivity index (χ1) is 14.1. The molecular formula is C22H25N5O2. The molecule has 1 saturated carbocycles. The summed E-state index contributed by atoms with van der Waals surface area (Å²) in [7, 11) is 2.12. The van der Waals surface area contributed by atoms with Crippen molar-refractivity contribution in [3.05, 3.63) is 47.8 Å². The molecule has 2 aromatic heterocycles. The maximum atomic E-state index is 11.9. The largest absolute Gasteiger partial charge is 0.477 e. The van der Waals surface area contributed by atoms with Gasteiger partial charge in [-0.3, -0.25) is 0 Å². The van der Waals surface area contributed by atoms with Crippen LogP contribution in [0, 0.1) is 0 Å². The van der Waals surface area contributed by atoms with Crippen molar-refractivity contribution in [1.29, 1.82) is 0 Å². The van der Waals surface area contributed by atoms with Crippen molar-refractivity contribution >= 4 is 22.7 Å². The number of nitrogens with zero attached hydrogens (tertiary/aromatic N) is 5. The number of pyridine rings is 1. The highest BCUT2D eigenvalue weighted by molar-refractivity contribution is 5.98. The standard InChI is InChI=1S/C22H25N5O2/c1-25-10-12-26(13-11-25)18-14-17(22(28)29)23-21-19(18)20(15-6-5-7-15)24-27(21)16-8-3-2-4-9-16/h2-4,8-9,14-15H,5-7,10-13H2,1H3,(H,28,29). The third kappa shape index (κ3) is 3.15. The Kier molecular flexibility index (Phi) is 4.47. The summed E-state index contributed by atoms with van der Waals surface area (Å²) in [6, 6.07) is 11.6. The summed E-state index contributed by atoms with van der Waals surface area (Å²) in [6.45, 7) is 3.65. The van der Waals surface area contributed by atoms with E-state index in [9.17, 15) is 9.90 Å². The van der Waals surface area contributed by atoms with Crippen molar-refractivity contribution in [3.63, 3.8) is 0 Å². The molecule has 1 saturated heterocycles. The van der Waals surface area contributed by atoms with Crippen molar-refractivity contribution in [2.24, 2.45) is 0 Å². The molecule has 150 valence electrons. The SMILES string of the molecule is CN1CCN(c2cc(C(=O)O)nc3c2c(C2CCC2)nn3-c2ccccc2)CC1. The molecule has 1 aromatic carbocycles. The molecule has 0 amide bonds. The molecule has 3 aromatic rings. The molecule has 0 bridgehead atoms. The van der Waals surface area contributed by atoms with E-state index in [1.54, 1.807) is 6.07 Å². The number of piperazine rings is 1. The van der Waals surface area contributed by atoms with E-state index < -0.39 is 5.97 Å². The Morgan fingerprint density at radius 1 is 1.10 bits per heavy atom. The average molecular weight is 391 g/mol. The lowest BCUT2D eigenvalue weighted by atomic mass is 9.82. The highest BCUT2D eigenvalue weighted by Crippen LogP contribution is 2.42. The van der Waals surface area contributed by atoms with Crippen LogP contribution in [0.2, 0.25) is 0 Å². The van der Waals surface area contributed by atoms with Gasteiger partial charge in [-0.1, -0.05) is 24.6 Å². The minimum Gasteiger partial charge on any atom is -0.477 e. The van der Waals surface area contributed by atoms with Crippen LogP contribution in [-0.4, -0.2) is 64.0 Å². The van der Waals surface area contributed by atoms with E-state index in [2.05, 4.69) is 21.8 Å². The van der Waals surface area contributed by atoms with Gasteiger partial charge in [-0.15, -0.1) is 0 Å². The van der Waals surface area contributed by atoms with E-state index in [-0.39, 0.29) is 5.69 Å². The van der Waals surface area contributed by atoms with Gasteiger partial charge in [0.15, 0.2) is 11.3 Å². The lowest BCUT2D eigenvalue weighted by Crippen LogP contribution is -2.44. The summed E-state index contributed by atoms with van der Waals surface area (Å²) in [5, 5.41) is 15.7. The Morgan fingerprint density at radius 3 is 2.45 bits per heavy atom. The molecule has 2 aliphatic rings. The van der Waals surface area contributed by atoms with Crippen LogP contribution in [0.5, 0.6) is 0 Å². The summed E-state index contributed by atoms with van der Waals surface area (Å²) in [5.74, 6) is -0.584. The number of benzene rings is 1.